The number of carboxylic acids is 1. The first-order chi connectivity index (χ1) is 12.7. The normalized spacial score (nSPS) is 23.3. The number of carboxylic acid groups (broad SMARTS) is 1. The van der Waals surface area contributed by atoms with E-state index in [0.29, 0.717) is 11.5 Å². The van der Waals surface area contributed by atoms with Crippen molar-refractivity contribution in [2.75, 3.05) is 5.32 Å². The molecule has 2 N–H and O–H groups in total. The lowest BCUT2D eigenvalue weighted by molar-refractivity contribution is 0.0697. The van der Waals surface area contributed by atoms with Gasteiger partial charge in [-0.05, 0) is 40.3 Å². The Bertz CT molecular complexity index is 1050. The molecule has 0 bridgehead atoms. The van der Waals surface area contributed by atoms with Crippen molar-refractivity contribution >= 4 is 22.4 Å². The lowest BCUT2D eigenvalue weighted by Crippen LogP contribution is -2.30. The second-order valence-corrected chi connectivity index (χ2v) is 7.12. The Hall–Kier alpha value is -3.07. The predicted octanol–water partition coefficient (Wildman–Crippen LogP) is 5.36. The van der Waals surface area contributed by atoms with Crippen molar-refractivity contribution in [3.8, 4) is 0 Å². The average Bonchev–Trinajstić information content (AvgIpc) is 3.16. The zero-order valence-corrected chi connectivity index (χ0v) is 14.2. The fourth-order valence-corrected chi connectivity index (χ4v) is 4.63. The quantitative estimate of drug-likeness (QED) is 0.617. The highest BCUT2D eigenvalue weighted by Gasteiger charge is 2.39. The second kappa shape index (κ2) is 5.73. The molecule has 1 aliphatic carbocycles. The first kappa shape index (κ1) is 15.2. The Morgan fingerprint density at radius 3 is 2.62 bits per heavy atom. The van der Waals surface area contributed by atoms with E-state index in [0.717, 1.165) is 17.7 Å². The Kier molecular flexibility index (Phi) is 3.35. The molecule has 3 aromatic carbocycles. The summed E-state index contributed by atoms with van der Waals surface area (Å²) in [5.74, 6) is -0.224. The van der Waals surface area contributed by atoms with E-state index in [2.05, 4.69) is 66.0 Å². The second-order valence-electron chi connectivity index (χ2n) is 7.12. The number of para-hydroxylation sites is 1. The molecule has 3 nitrogen and oxygen atoms in total. The lowest BCUT2D eigenvalue weighted by Gasteiger charge is -2.38. The molecule has 0 aromatic heterocycles. The van der Waals surface area contributed by atoms with Crippen molar-refractivity contribution in [3.63, 3.8) is 0 Å². The van der Waals surface area contributed by atoms with Crippen molar-refractivity contribution < 1.29 is 9.90 Å². The van der Waals surface area contributed by atoms with E-state index in [1.807, 2.05) is 6.07 Å². The molecule has 5 rings (SSSR count). The fourth-order valence-electron chi connectivity index (χ4n) is 4.63. The molecular formula is C23H19NO2. The van der Waals surface area contributed by atoms with Crippen LogP contribution in [0.4, 0.5) is 5.69 Å². The van der Waals surface area contributed by atoms with Crippen LogP contribution < -0.4 is 5.32 Å². The number of hydrogen-bond donors (Lipinski definition) is 2. The molecule has 2 aliphatic rings. The summed E-state index contributed by atoms with van der Waals surface area (Å²) in [5.41, 5.74) is 3.46. The molecule has 1 heterocycles. The molecule has 128 valence electrons. The first-order valence-electron chi connectivity index (χ1n) is 9.01. The van der Waals surface area contributed by atoms with Crippen LogP contribution in [-0.2, 0) is 0 Å². The van der Waals surface area contributed by atoms with E-state index in [4.69, 9.17) is 0 Å². The molecule has 0 radical (unpaired) electrons. The van der Waals surface area contributed by atoms with Crippen LogP contribution in [0.5, 0.6) is 0 Å². The Morgan fingerprint density at radius 2 is 1.73 bits per heavy atom. The predicted molar refractivity (Wildman–Crippen MR) is 104 cm³/mol. The maximum absolute atomic E-state index is 11.8. The first-order valence-corrected chi connectivity index (χ1v) is 9.01. The minimum Gasteiger partial charge on any atom is -0.478 e. The third kappa shape index (κ3) is 2.17. The van der Waals surface area contributed by atoms with Crippen molar-refractivity contribution in [3.05, 3.63) is 89.5 Å². The summed E-state index contributed by atoms with van der Waals surface area (Å²) < 4.78 is 0. The third-order valence-corrected chi connectivity index (χ3v) is 5.79. The van der Waals surface area contributed by atoms with E-state index in [-0.39, 0.29) is 12.0 Å². The van der Waals surface area contributed by atoms with Crippen LogP contribution in [0.15, 0.2) is 72.8 Å². The topological polar surface area (TPSA) is 49.3 Å². The van der Waals surface area contributed by atoms with Gasteiger partial charge in [-0.2, -0.15) is 0 Å². The maximum atomic E-state index is 11.8. The highest BCUT2D eigenvalue weighted by Crippen LogP contribution is 2.51. The summed E-state index contributed by atoms with van der Waals surface area (Å²) in [4.78, 5) is 11.8. The van der Waals surface area contributed by atoms with E-state index in [9.17, 15) is 9.90 Å². The molecule has 0 amide bonds. The van der Waals surface area contributed by atoms with E-state index in [1.54, 1.807) is 6.07 Å². The molecule has 0 saturated heterocycles. The minimum absolute atomic E-state index is 0.0918. The number of allylic oxidation sites excluding steroid dienone is 2. The van der Waals surface area contributed by atoms with Crippen LogP contribution in [0, 0.1) is 5.92 Å². The molecule has 0 unspecified atom stereocenters. The fraction of sp³-hybridized carbons (Fsp3) is 0.174. The highest BCUT2D eigenvalue weighted by molar-refractivity contribution is 5.96. The van der Waals surface area contributed by atoms with E-state index in [1.165, 1.54) is 16.3 Å². The standard InChI is InChI=1S/C23H19NO2/c25-23(26)20-13-5-12-19-16-9-4-11-18(16)21(24-22(19)20)17-10-3-7-14-6-1-2-8-15(14)17/h1-10,12-13,16,18,21,24H,11H2,(H,25,26)/t16-,18-,21+/m0/s1. The highest BCUT2D eigenvalue weighted by atomic mass is 16.4. The van der Waals surface area contributed by atoms with Crippen LogP contribution in [-0.4, -0.2) is 11.1 Å². The van der Waals surface area contributed by atoms with Gasteiger partial charge in [0.05, 0.1) is 17.3 Å². The van der Waals surface area contributed by atoms with Gasteiger partial charge < -0.3 is 10.4 Å². The molecule has 0 fully saturated rings. The summed E-state index contributed by atoms with van der Waals surface area (Å²) in [6.07, 6.45) is 5.48. The van der Waals surface area contributed by atoms with Gasteiger partial charge in [0.25, 0.3) is 0 Å². The van der Waals surface area contributed by atoms with Gasteiger partial charge in [-0.1, -0.05) is 66.7 Å². The largest absolute Gasteiger partial charge is 0.478 e. The van der Waals surface area contributed by atoms with Crippen LogP contribution in [0.2, 0.25) is 0 Å². The number of benzene rings is 3. The average molecular weight is 341 g/mol. The van der Waals surface area contributed by atoms with E-state index >= 15 is 0 Å². The number of fused-ring (bicyclic) bond motifs is 4. The molecule has 3 atom stereocenters. The molecule has 1 aliphatic heterocycles. The van der Waals surface area contributed by atoms with Crippen LogP contribution in [0.3, 0.4) is 0 Å². The Balaban J connectivity index is 1.71. The van der Waals surface area contributed by atoms with Crippen molar-refractivity contribution in [1.29, 1.82) is 0 Å². The molecule has 0 saturated carbocycles. The van der Waals surface area contributed by atoms with Crippen LogP contribution in [0.25, 0.3) is 10.8 Å². The van der Waals surface area contributed by atoms with Gasteiger partial charge >= 0.3 is 5.97 Å². The molecule has 26 heavy (non-hydrogen) atoms. The monoisotopic (exact) mass is 341 g/mol. The number of rotatable bonds is 2. The number of hydrogen-bond acceptors (Lipinski definition) is 2. The summed E-state index contributed by atoms with van der Waals surface area (Å²) >= 11 is 0. The van der Waals surface area contributed by atoms with Gasteiger partial charge in [0.2, 0.25) is 0 Å². The van der Waals surface area contributed by atoms with Gasteiger partial charge in [-0.15, -0.1) is 0 Å². The zero-order chi connectivity index (χ0) is 17.7. The molecule has 3 heteroatoms. The van der Waals surface area contributed by atoms with Crippen molar-refractivity contribution in [2.24, 2.45) is 5.92 Å². The van der Waals surface area contributed by atoms with Gasteiger partial charge in [-0.25, -0.2) is 4.79 Å². The van der Waals surface area contributed by atoms with E-state index < -0.39 is 5.97 Å². The minimum atomic E-state index is -0.883. The molecule has 3 aromatic rings. The van der Waals surface area contributed by atoms with Gasteiger partial charge in [0.1, 0.15) is 0 Å². The summed E-state index contributed by atoms with van der Waals surface area (Å²) in [7, 11) is 0. The van der Waals surface area contributed by atoms with Crippen molar-refractivity contribution in [1.82, 2.24) is 0 Å². The summed E-state index contributed by atoms with van der Waals surface area (Å²) in [6, 6.07) is 20.5. The number of nitrogens with one attached hydrogen (secondary N) is 1. The Labute approximate surface area is 152 Å². The van der Waals surface area contributed by atoms with Gasteiger partial charge in [0.15, 0.2) is 0 Å². The van der Waals surface area contributed by atoms with Crippen LogP contribution in [0.1, 0.15) is 39.9 Å². The smallest absolute Gasteiger partial charge is 0.337 e. The van der Waals surface area contributed by atoms with Gasteiger partial charge in [-0.3, -0.25) is 0 Å². The number of anilines is 1. The summed E-state index contributed by atoms with van der Waals surface area (Å²) in [6.45, 7) is 0. The Morgan fingerprint density at radius 1 is 0.962 bits per heavy atom. The number of aromatic carboxylic acids is 1. The summed E-state index contributed by atoms with van der Waals surface area (Å²) in [5, 5.41) is 15.7. The van der Waals surface area contributed by atoms with Crippen LogP contribution >= 0.6 is 0 Å². The maximum Gasteiger partial charge on any atom is 0.337 e. The molecular weight excluding hydrogens is 322 g/mol. The van der Waals surface area contributed by atoms with Crippen molar-refractivity contribution in [2.45, 2.75) is 18.4 Å². The lowest BCUT2D eigenvalue weighted by atomic mass is 9.75. The zero-order valence-electron chi connectivity index (χ0n) is 14.2. The van der Waals surface area contributed by atoms with Gasteiger partial charge in [0, 0.05) is 5.92 Å². The number of carbonyl (C=O) groups is 1. The SMILES string of the molecule is O=C(O)c1cccc2c1N[C@H](c1cccc3ccccc13)[C@H]1CC=C[C@H]21. The molecule has 0 spiro atoms. The third-order valence-electron chi connectivity index (χ3n) is 5.79.